The van der Waals surface area contributed by atoms with E-state index < -0.39 is 0 Å². The number of fused-ring (bicyclic) bond motifs is 1. The molecule has 1 N–H and O–H groups in total. The first kappa shape index (κ1) is 18.2. The lowest BCUT2D eigenvalue weighted by Crippen LogP contribution is -2.42. The van der Waals surface area contributed by atoms with Crippen LogP contribution < -0.4 is 5.32 Å². The topological polar surface area (TPSA) is 33.1 Å². The molecule has 142 valence electrons. The van der Waals surface area contributed by atoms with E-state index in [1.54, 1.807) is 0 Å². The highest BCUT2D eigenvalue weighted by atomic mass is 15.2. The van der Waals surface area contributed by atoms with E-state index in [2.05, 4.69) is 76.3 Å². The molecule has 4 rings (SSSR count). The average Bonchev–Trinajstić information content (AvgIpc) is 3.06. The Morgan fingerprint density at radius 3 is 2.52 bits per heavy atom. The number of aromatic nitrogens is 2. The number of nitrogens with one attached hydrogen (secondary N) is 1. The Hall–Kier alpha value is -2.17. The predicted molar refractivity (Wildman–Crippen MR) is 112 cm³/mol. The van der Waals surface area contributed by atoms with Crippen LogP contribution in [0.1, 0.15) is 37.6 Å². The van der Waals surface area contributed by atoms with Gasteiger partial charge in [-0.2, -0.15) is 0 Å². The van der Waals surface area contributed by atoms with E-state index in [4.69, 9.17) is 4.98 Å². The van der Waals surface area contributed by atoms with Gasteiger partial charge in [0.1, 0.15) is 5.82 Å². The number of piperidine rings is 1. The van der Waals surface area contributed by atoms with Crippen LogP contribution in [0, 0.1) is 0 Å². The maximum atomic E-state index is 4.88. The van der Waals surface area contributed by atoms with Gasteiger partial charge in [0.25, 0.3) is 0 Å². The van der Waals surface area contributed by atoms with Crippen molar-refractivity contribution >= 4 is 11.0 Å². The highest BCUT2D eigenvalue weighted by Crippen LogP contribution is 2.18. The summed E-state index contributed by atoms with van der Waals surface area (Å²) in [6.45, 7) is 7.52. The summed E-state index contributed by atoms with van der Waals surface area (Å²) in [6.07, 6.45) is 3.55. The molecule has 4 nitrogen and oxygen atoms in total. The Morgan fingerprint density at radius 2 is 1.74 bits per heavy atom. The summed E-state index contributed by atoms with van der Waals surface area (Å²) in [4.78, 5) is 7.45. The van der Waals surface area contributed by atoms with Gasteiger partial charge in [0.15, 0.2) is 0 Å². The van der Waals surface area contributed by atoms with Gasteiger partial charge >= 0.3 is 0 Å². The summed E-state index contributed by atoms with van der Waals surface area (Å²) >= 11 is 0. The first-order valence-electron chi connectivity index (χ1n) is 10.3. The van der Waals surface area contributed by atoms with E-state index in [1.807, 2.05) is 0 Å². The Morgan fingerprint density at radius 1 is 1.00 bits per heavy atom. The van der Waals surface area contributed by atoms with Crippen molar-refractivity contribution in [3.8, 4) is 0 Å². The van der Waals surface area contributed by atoms with Crippen LogP contribution in [-0.4, -0.2) is 33.6 Å². The maximum absolute atomic E-state index is 4.88. The third-order valence-corrected chi connectivity index (χ3v) is 5.57. The van der Waals surface area contributed by atoms with E-state index in [9.17, 15) is 0 Å². The zero-order valence-electron chi connectivity index (χ0n) is 16.3. The number of aryl methyl sites for hydroxylation is 1. The third-order valence-electron chi connectivity index (χ3n) is 5.57. The van der Waals surface area contributed by atoms with Crippen LogP contribution in [0.3, 0.4) is 0 Å². The monoisotopic (exact) mass is 362 g/mol. The second-order valence-electron chi connectivity index (χ2n) is 7.59. The quantitative estimate of drug-likeness (QED) is 0.684. The number of nitrogens with zero attached hydrogens (tertiary/aromatic N) is 3. The van der Waals surface area contributed by atoms with E-state index in [0.717, 1.165) is 44.7 Å². The summed E-state index contributed by atoms with van der Waals surface area (Å²) in [5.74, 6) is 1.17. The molecule has 0 amide bonds. The van der Waals surface area contributed by atoms with Gasteiger partial charge in [-0.15, -0.1) is 0 Å². The number of benzene rings is 2. The largest absolute Gasteiger partial charge is 0.327 e. The highest BCUT2D eigenvalue weighted by molar-refractivity contribution is 5.75. The van der Waals surface area contributed by atoms with Crippen LogP contribution >= 0.6 is 0 Å². The Bertz CT molecular complexity index is 847. The van der Waals surface area contributed by atoms with Crippen molar-refractivity contribution in [1.29, 1.82) is 0 Å². The molecular weight excluding hydrogens is 332 g/mol. The van der Waals surface area contributed by atoms with E-state index in [1.165, 1.54) is 29.7 Å². The van der Waals surface area contributed by atoms with Crippen molar-refractivity contribution in [2.75, 3.05) is 13.1 Å². The first-order valence-corrected chi connectivity index (χ1v) is 10.3. The molecule has 0 atom stereocenters. The van der Waals surface area contributed by atoms with Crippen LogP contribution in [0.5, 0.6) is 0 Å². The third kappa shape index (κ3) is 4.40. The SMILES string of the molecule is CCCn1c(CNC2CCN(Cc3ccccc3)CC2)nc2ccccc21. The second-order valence-corrected chi connectivity index (χ2v) is 7.59. The fourth-order valence-electron chi connectivity index (χ4n) is 4.11. The van der Waals surface area contributed by atoms with Gasteiger partial charge in [0, 0.05) is 19.1 Å². The van der Waals surface area contributed by atoms with Crippen molar-refractivity contribution in [3.63, 3.8) is 0 Å². The van der Waals surface area contributed by atoms with Crippen molar-refractivity contribution in [3.05, 3.63) is 66.0 Å². The molecule has 0 spiro atoms. The van der Waals surface area contributed by atoms with Crippen LogP contribution in [-0.2, 0) is 19.6 Å². The molecule has 2 heterocycles. The molecule has 1 aliphatic rings. The first-order chi connectivity index (χ1) is 13.3. The minimum Gasteiger partial charge on any atom is -0.327 e. The lowest BCUT2D eigenvalue weighted by molar-refractivity contribution is 0.189. The van der Waals surface area contributed by atoms with Crippen LogP contribution in [0.4, 0.5) is 0 Å². The van der Waals surface area contributed by atoms with Crippen molar-refractivity contribution in [2.24, 2.45) is 0 Å². The smallest absolute Gasteiger partial charge is 0.123 e. The summed E-state index contributed by atoms with van der Waals surface area (Å²) in [5.41, 5.74) is 3.78. The lowest BCUT2D eigenvalue weighted by Gasteiger charge is -2.32. The zero-order valence-corrected chi connectivity index (χ0v) is 16.3. The predicted octanol–water partition coefficient (Wildman–Crippen LogP) is 4.20. The average molecular weight is 363 g/mol. The van der Waals surface area contributed by atoms with Gasteiger partial charge in [-0.1, -0.05) is 49.4 Å². The summed E-state index contributed by atoms with van der Waals surface area (Å²) in [5, 5.41) is 3.77. The minimum absolute atomic E-state index is 0.590. The van der Waals surface area contributed by atoms with Crippen LogP contribution in [0.15, 0.2) is 54.6 Å². The molecular formula is C23H30N4. The van der Waals surface area contributed by atoms with Crippen LogP contribution in [0.2, 0.25) is 0 Å². The molecule has 0 saturated carbocycles. The molecule has 0 aliphatic carbocycles. The Balaban J connectivity index is 1.32. The number of hydrogen-bond donors (Lipinski definition) is 1. The van der Waals surface area contributed by atoms with Gasteiger partial charge in [-0.05, 0) is 50.0 Å². The molecule has 1 aliphatic heterocycles. The number of para-hydroxylation sites is 2. The zero-order chi connectivity index (χ0) is 18.5. The summed E-state index contributed by atoms with van der Waals surface area (Å²) in [6, 6.07) is 19.9. The van der Waals surface area contributed by atoms with Crippen molar-refractivity contribution in [2.45, 2.75) is 51.9 Å². The fraction of sp³-hybridized carbons (Fsp3) is 0.435. The molecule has 0 bridgehead atoms. The van der Waals surface area contributed by atoms with Gasteiger partial charge < -0.3 is 9.88 Å². The van der Waals surface area contributed by atoms with Gasteiger partial charge in [0.05, 0.1) is 17.6 Å². The molecule has 4 heteroatoms. The molecule has 2 aromatic carbocycles. The van der Waals surface area contributed by atoms with Crippen molar-refractivity contribution < 1.29 is 0 Å². The number of likely N-dealkylation sites (tertiary alicyclic amines) is 1. The number of imidazole rings is 1. The second kappa shape index (κ2) is 8.68. The highest BCUT2D eigenvalue weighted by Gasteiger charge is 2.19. The minimum atomic E-state index is 0.590. The van der Waals surface area contributed by atoms with Gasteiger partial charge in [-0.3, -0.25) is 4.90 Å². The van der Waals surface area contributed by atoms with Gasteiger partial charge in [-0.25, -0.2) is 4.98 Å². The number of hydrogen-bond acceptors (Lipinski definition) is 3. The molecule has 0 unspecified atom stereocenters. The summed E-state index contributed by atoms with van der Waals surface area (Å²) < 4.78 is 2.38. The maximum Gasteiger partial charge on any atom is 0.123 e. The molecule has 1 fully saturated rings. The fourth-order valence-corrected chi connectivity index (χ4v) is 4.11. The standard InChI is InChI=1S/C23H30N4/c1-2-14-27-22-11-7-6-10-21(22)25-23(27)17-24-20-12-15-26(16-13-20)18-19-8-4-3-5-9-19/h3-11,20,24H,2,12-18H2,1H3. The van der Waals surface area contributed by atoms with E-state index in [0.29, 0.717) is 6.04 Å². The summed E-state index contributed by atoms with van der Waals surface area (Å²) in [7, 11) is 0. The normalized spacial score (nSPS) is 16.2. The van der Waals surface area contributed by atoms with E-state index >= 15 is 0 Å². The van der Waals surface area contributed by atoms with Crippen LogP contribution in [0.25, 0.3) is 11.0 Å². The molecule has 1 aromatic heterocycles. The molecule has 3 aromatic rings. The van der Waals surface area contributed by atoms with E-state index in [-0.39, 0.29) is 0 Å². The number of rotatable bonds is 7. The Labute approximate surface area is 162 Å². The Kier molecular flexibility index (Phi) is 5.85. The molecule has 1 saturated heterocycles. The molecule has 27 heavy (non-hydrogen) atoms. The lowest BCUT2D eigenvalue weighted by atomic mass is 10.0. The molecule has 0 radical (unpaired) electrons. The van der Waals surface area contributed by atoms with Gasteiger partial charge in [0.2, 0.25) is 0 Å². The van der Waals surface area contributed by atoms with Crippen molar-refractivity contribution in [1.82, 2.24) is 19.8 Å².